The summed E-state index contributed by atoms with van der Waals surface area (Å²) in [4.78, 5) is 8.28. The summed E-state index contributed by atoms with van der Waals surface area (Å²) in [6.07, 6.45) is 0. The molecule has 0 atom stereocenters. The minimum absolute atomic E-state index is 0.481. The van der Waals surface area contributed by atoms with Crippen LogP contribution in [0.3, 0.4) is 0 Å². The van der Waals surface area contributed by atoms with Crippen LogP contribution in [0.5, 0.6) is 0 Å². The molecule has 0 fully saturated rings. The maximum absolute atomic E-state index is 5.65. The highest BCUT2D eigenvalue weighted by Gasteiger charge is 1.99. The molecule has 0 unspecified atom stereocenters. The molecule has 0 amide bonds. The van der Waals surface area contributed by atoms with E-state index in [9.17, 15) is 0 Å². The molecule has 0 saturated carbocycles. The molecule has 0 bridgehead atoms. The fourth-order valence-corrected chi connectivity index (χ4v) is 1.97. The van der Waals surface area contributed by atoms with Gasteiger partial charge < -0.3 is 11.1 Å². The standard InChI is InChI=1S/C12H13BrN4/c1-8-16-11(14)6-12(17-8)15-7-9-3-2-4-10(13)5-9/h2-6H,7H2,1H3,(H3,14,15,16,17). The van der Waals surface area contributed by atoms with Crippen LogP contribution in [0, 0.1) is 6.92 Å². The normalized spacial score (nSPS) is 10.2. The molecule has 1 aromatic carbocycles. The summed E-state index contributed by atoms with van der Waals surface area (Å²) >= 11 is 3.44. The highest BCUT2D eigenvalue weighted by molar-refractivity contribution is 9.10. The van der Waals surface area contributed by atoms with Gasteiger partial charge in [-0.2, -0.15) is 0 Å². The molecule has 88 valence electrons. The summed E-state index contributed by atoms with van der Waals surface area (Å²) < 4.78 is 1.06. The van der Waals surface area contributed by atoms with E-state index in [1.54, 1.807) is 6.07 Å². The van der Waals surface area contributed by atoms with E-state index < -0.39 is 0 Å². The van der Waals surface area contributed by atoms with E-state index in [0.29, 0.717) is 18.2 Å². The smallest absolute Gasteiger partial charge is 0.132 e. The number of anilines is 2. The summed E-state index contributed by atoms with van der Waals surface area (Å²) in [7, 11) is 0. The number of hydrogen-bond acceptors (Lipinski definition) is 4. The lowest BCUT2D eigenvalue weighted by Gasteiger charge is -2.07. The minimum Gasteiger partial charge on any atom is -0.384 e. The van der Waals surface area contributed by atoms with Crippen LogP contribution in [0.25, 0.3) is 0 Å². The third-order valence-electron chi connectivity index (χ3n) is 2.22. The van der Waals surface area contributed by atoms with Crippen LogP contribution in [-0.2, 0) is 6.54 Å². The predicted octanol–water partition coefficient (Wildman–Crippen LogP) is 2.74. The van der Waals surface area contributed by atoms with E-state index in [1.807, 2.05) is 19.1 Å². The zero-order chi connectivity index (χ0) is 12.3. The first kappa shape index (κ1) is 11.9. The number of hydrogen-bond donors (Lipinski definition) is 2. The van der Waals surface area contributed by atoms with E-state index in [0.717, 1.165) is 10.3 Å². The largest absolute Gasteiger partial charge is 0.384 e. The van der Waals surface area contributed by atoms with Crippen LogP contribution >= 0.6 is 15.9 Å². The number of halogens is 1. The Morgan fingerprint density at radius 1 is 1.29 bits per heavy atom. The second-order valence-corrected chi connectivity index (χ2v) is 4.62. The molecule has 5 heteroatoms. The molecule has 4 nitrogen and oxygen atoms in total. The van der Waals surface area contributed by atoms with Gasteiger partial charge in [0.05, 0.1) is 0 Å². The van der Waals surface area contributed by atoms with Gasteiger partial charge in [-0.05, 0) is 24.6 Å². The first-order valence-electron chi connectivity index (χ1n) is 5.23. The topological polar surface area (TPSA) is 63.8 Å². The van der Waals surface area contributed by atoms with Crippen molar-refractivity contribution in [3.05, 3.63) is 46.2 Å². The van der Waals surface area contributed by atoms with Gasteiger partial charge >= 0.3 is 0 Å². The summed E-state index contributed by atoms with van der Waals surface area (Å²) in [5, 5.41) is 3.22. The van der Waals surface area contributed by atoms with E-state index >= 15 is 0 Å². The Kier molecular flexibility index (Phi) is 3.58. The average molecular weight is 293 g/mol. The molecule has 2 aromatic rings. The summed E-state index contributed by atoms with van der Waals surface area (Å²) in [5.74, 6) is 1.89. The van der Waals surface area contributed by atoms with Crippen molar-refractivity contribution in [3.8, 4) is 0 Å². The van der Waals surface area contributed by atoms with Crippen LogP contribution in [0.1, 0.15) is 11.4 Å². The Morgan fingerprint density at radius 2 is 2.12 bits per heavy atom. The van der Waals surface area contributed by atoms with Gasteiger partial charge in [0.2, 0.25) is 0 Å². The lowest BCUT2D eigenvalue weighted by atomic mass is 10.2. The fraction of sp³-hybridized carbons (Fsp3) is 0.167. The van der Waals surface area contributed by atoms with E-state index in [4.69, 9.17) is 5.73 Å². The van der Waals surface area contributed by atoms with E-state index in [-0.39, 0.29) is 0 Å². The monoisotopic (exact) mass is 292 g/mol. The number of rotatable bonds is 3. The summed E-state index contributed by atoms with van der Waals surface area (Å²) in [6, 6.07) is 9.83. The van der Waals surface area contributed by atoms with Gasteiger partial charge in [-0.1, -0.05) is 28.1 Å². The predicted molar refractivity (Wildman–Crippen MR) is 72.7 cm³/mol. The third kappa shape index (κ3) is 3.42. The third-order valence-corrected chi connectivity index (χ3v) is 2.71. The number of aryl methyl sites for hydroxylation is 1. The van der Waals surface area contributed by atoms with Gasteiger partial charge in [0.25, 0.3) is 0 Å². The van der Waals surface area contributed by atoms with Crippen molar-refractivity contribution < 1.29 is 0 Å². The Hall–Kier alpha value is -1.62. The lowest BCUT2D eigenvalue weighted by molar-refractivity contribution is 1.03. The molecule has 17 heavy (non-hydrogen) atoms. The highest BCUT2D eigenvalue weighted by atomic mass is 79.9. The SMILES string of the molecule is Cc1nc(N)cc(NCc2cccc(Br)c2)n1. The molecular weight excluding hydrogens is 280 g/mol. The maximum Gasteiger partial charge on any atom is 0.132 e. The fourth-order valence-electron chi connectivity index (χ4n) is 1.52. The summed E-state index contributed by atoms with van der Waals surface area (Å²) in [6.45, 7) is 2.52. The van der Waals surface area contributed by atoms with Gasteiger partial charge in [0.1, 0.15) is 17.5 Å². The van der Waals surface area contributed by atoms with Gasteiger partial charge in [-0.15, -0.1) is 0 Å². The Labute approximate surface area is 108 Å². The van der Waals surface area contributed by atoms with Crippen LogP contribution in [0.4, 0.5) is 11.6 Å². The van der Waals surface area contributed by atoms with Crippen molar-refractivity contribution in [3.63, 3.8) is 0 Å². The zero-order valence-corrected chi connectivity index (χ0v) is 11.0. The first-order chi connectivity index (χ1) is 8.13. The van der Waals surface area contributed by atoms with Crippen LogP contribution in [0.2, 0.25) is 0 Å². The number of nitrogens with zero attached hydrogens (tertiary/aromatic N) is 2. The number of benzene rings is 1. The molecule has 2 rings (SSSR count). The number of nitrogens with two attached hydrogens (primary N) is 1. The van der Waals surface area contributed by atoms with E-state index in [2.05, 4.69) is 43.3 Å². The van der Waals surface area contributed by atoms with Crippen molar-refractivity contribution in [1.82, 2.24) is 9.97 Å². The van der Waals surface area contributed by atoms with Crippen molar-refractivity contribution in [2.75, 3.05) is 11.1 Å². The van der Waals surface area contributed by atoms with Crippen molar-refractivity contribution in [2.24, 2.45) is 0 Å². The molecule has 0 saturated heterocycles. The molecule has 1 heterocycles. The number of aromatic nitrogens is 2. The minimum atomic E-state index is 0.481. The molecular formula is C12H13BrN4. The highest BCUT2D eigenvalue weighted by Crippen LogP contribution is 2.14. The van der Waals surface area contributed by atoms with E-state index in [1.165, 1.54) is 5.56 Å². The molecule has 0 spiro atoms. The summed E-state index contributed by atoms with van der Waals surface area (Å²) in [5.41, 5.74) is 6.83. The average Bonchev–Trinajstić information content (AvgIpc) is 2.25. The second kappa shape index (κ2) is 5.14. The molecule has 0 aliphatic heterocycles. The molecule has 1 aromatic heterocycles. The molecule has 0 aliphatic carbocycles. The quantitative estimate of drug-likeness (QED) is 0.913. The van der Waals surface area contributed by atoms with Crippen molar-refractivity contribution in [1.29, 1.82) is 0 Å². The van der Waals surface area contributed by atoms with Gasteiger partial charge in [0, 0.05) is 17.1 Å². The lowest BCUT2D eigenvalue weighted by Crippen LogP contribution is -2.04. The zero-order valence-electron chi connectivity index (χ0n) is 9.44. The first-order valence-corrected chi connectivity index (χ1v) is 6.02. The Morgan fingerprint density at radius 3 is 2.82 bits per heavy atom. The number of nitrogens with one attached hydrogen (secondary N) is 1. The van der Waals surface area contributed by atoms with Crippen LogP contribution in [-0.4, -0.2) is 9.97 Å². The second-order valence-electron chi connectivity index (χ2n) is 3.71. The van der Waals surface area contributed by atoms with Gasteiger partial charge in [0.15, 0.2) is 0 Å². The molecule has 3 N–H and O–H groups in total. The van der Waals surface area contributed by atoms with Crippen LogP contribution < -0.4 is 11.1 Å². The van der Waals surface area contributed by atoms with Gasteiger partial charge in [-0.3, -0.25) is 0 Å². The Bertz CT molecular complexity index is 507. The van der Waals surface area contributed by atoms with Crippen LogP contribution in [0.15, 0.2) is 34.8 Å². The van der Waals surface area contributed by atoms with Gasteiger partial charge in [-0.25, -0.2) is 9.97 Å². The molecule has 0 radical (unpaired) electrons. The molecule has 0 aliphatic rings. The Balaban J connectivity index is 2.07. The number of nitrogen functional groups attached to an aromatic ring is 1. The van der Waals surface area contributed by atoms with Crippen molar-refractivity contribution >= 4 is 27.6 Å². The van der Waals surface area contributed by atoms with Crippen molar-refractivity contribution in [2.45, 2.75) is 13.5 Å². The maximum atomic E-state index is 5.65.